The van der Waals surface area contributed by atoms with Crippen molar-refractivity contribution in [2.24, 2.45) is 5.92 Å². The van der Waals surface area contributed by atoms with E-state index in [9.17, 15) is 4.79 Å². The second kappa shape index (κ2) is 7.27. The van der Waals surface area contributed by atoms with Gasteiger partial charge in [0, 0.05) is 22.5 Å². The number of piperidine rings is 3. The predicted molar refractivity (Wildman–Crippen MR) is 103 cm³/mol. The Kier molecular flexibility index (Phi) is 5.04. The zero-order valence-electron chi connectivity index (χ0n) is 13.9. The molecule has 3 fully saturated rings. The molecule has 0 radical (unpaired) electrons. The van der Waals surface area contributed by atoms with Crippen LogP contribution in [0, 0.1) is 5.92 Å². The maximum atomic E-state index is 12.6. The molecule has 132 valence electrons. The molecule has 4 heterocycles. The van der Waals surface area contributed by atoms with Crippen molar-refractivity contribution in [1.82, 2.24) is 15.2 Å². The van der Waals surface area contributed by atoms with Gasteiger partial charge in [0.25, 0.3) is 5.91 Å². The second-order valence-corrected chi connectivity index (χ2v) is 9.66. The third-order valence-electron chi connectivity index (χ3n) is 5.27. The van der Waals surface area contributed by atoms with Gasteiger partial charge in [-0.25, -0.2) is 4.98 Å². The molecule has 3 aliphatic heterocycles. The number of fused-ring (bicyclic) bond motifs is 3. The molecule has 7 heteroatoms. The molecule has 0 saturated carbocycles. The fraction of sp³-hybridized carbons (Fsp3) is 0.444. The zero-order valence-corrected chi connectivity index (χ0v) is 16.3. The first-order valence-electron chi connectivity index (χ1n) is 8.54. The lowest BCUT2D eigenvalue weighted by Crippen LogP contribution is -2.62. The molecule has 1 aromatic carbocycles. The van der Waals surface area contributed by atoms with Crippen LogP contribution in [-0.4, -0.2) is 41.0 Å². The van der Waals surface area contributed by atoms with E-state index in [2.05, 4.69) is 22.1 Å². The van der Waals surface area contributed by atoms with E-state index in [4.69, 9.17) is 11.6 Å². The first kappa shape index (κ1) is 17.3. The van der Waals surface area contributed by atoms with Crippen molar-refractivity contribution >= 4 is 40.6 Å². The van der Waals surface area contributed by atoms with Crippen molar-refractivity contribution < 1.29 is 4.79 Å². The molecule has 1 N–H and O–H groups in total. The summed E-state index contributed by atoms with van der Waals surface area (Å²) in [6.45, 7) is 4.58. The first-order chi connectivity index (χ1) is 12.1. The Labute approximate surface area is 161 Å². The van der Waals surface area contributed by atoms with E-state index in [1.54, 1.807) is 18.0 Å². The van der Waals surface area contributed by atoms with Gasteiger partial charge in [0.2, 0.25) is 0 Å². The average molecular weight is 394 g/mol. The number of aromatic nitrogens is 1. The third-order valence-corrected chi connectivity index (χ3v) is 7.49. The lowest BCUT2D eigenvalue weighted by Gasteiger charge is -2.49. The molecular formula is C18H20ClN3OS2. The number of nitrogens with zero attached hydrogens (tertiary/aromatic N) is 2. The minimum Gasteiger partial charge on any atom is -0.347 e. The molecule has 25 heavy (non-hydrogen) atoms. The van der Waals surface area contributed by atoms with Gasteiger partial charge in [-0.2, -0.15) is 0 Å². The molecule has 3 saturated heterocycles. The standard InChI is InChI=1S/C18H20ClN3OS2/c1-11-16(12-6-8-22(11)9-7-12)21-17(23)13-2-4-14(5-3-13)24-15-10-20-18(19)25-15/h2-5,10-12,16H,6-9H2,1H3,(H,21,23). The smallest absolute Gasteiger partial charge is 0.251 e. The van der Waals surface area contributed by atoms with E-state index in [0.29, 0.717) is 16.4 Å². The Bertz CT molecular complexity index is 754. The average Bonchev–Trinajstić information content (AvgIpc) is 3.04. The maximum absolute atomic E-state index is 12.6. The summed E-state index contributed by atoms with van der Waals surface area (Å²) < 4.78 is 1.59. The van der Waals surface area contributed by atoms with Crippen molar-refractivity contribution in [2.45, 2.75) is 41.0 Å². The molecule has 4 nitrogen and oxygen atoms in total. The molecule has 2 bridgehead atoms. The molecule has 3 aliphatic rings. The molecule has 2 unspecified atom stereocenters. The second-order valence-electron chi connectivity index (χ2n) is 6.67. The van der Waals surface area contributed by atoms with Gasteiger partial charge in [-0.15, -0.1) is 0 Å². The number of hydrogen-bond acceptors (Lipinski definition) is 5. The number of benzene rings is 1. The van der Waals surface area contributed by atoms with Crippen LogP contribution in [0.3, 0.4) is 0 Å². The number of thiazole rings is 1. The topological polar surface area (TPSA) is 45.2 Å². The summed E-state index contributed by atoms with van der Waals surface area (Å²) in [5, 5.41) is 3.28. The van der Waals surface area contributed by atoms with Gasteiger partial charge in [-0.1, -0.05) is 34.7 Å². The van der Waals surface area contributed by atoms with Crippen LogP contribution in [0.15, 0.2) is 39.6 Å². The quantitative estimate of drug-likeness (QED) is 0.847. The van der Waals surface area contributed by atoms with E-state index >= 15 is 0 Å². The van der Waals surface area contributed by atoms with E-state index in [1.165, 1.54) is 37.3 Å². The number of amides is 1. The zero-order chi connectivity index (χ0) is 17.4. The van der Waals surface area contributed by atoms with Crippen LogP contribution in [0.5, 0.6) is 0 Å². The Hall–Kier alpha value is -1.08. The van der Waals surface area contributed by atoms with E-state index < -0.39 is 0 Å². The Morgan fingerprint density at radius 1 is 1.32 bits per heavy atom. The molecule has 2 aromatic rings. The van der Waals surface area contributed by atoms with Crippen LogP contribution in [0.1, 0.15) is 30.1 Å². The number of carbonyl (C=O) groups is 1. The Morgan fingerprint density at radius 3 is 2.64 bits per heavy atom. The maximum Gasteiger partial charge on any atom is 0.251 e. The highest BCUT2D eigenvalue weighted by atomic mass is 35.5. The van der Waals surface area contributed by atoms with Crippen LogP contribution >= 0.6 is 34.7 Å². The number of hydrogen-bond donors (Lipinski definition) is 1. The summed E-state index contributed by atoms with van der Waals surface area (Å²) in [6.07, 6.45) is 4.16. The van der Waals surface area contributed by atoms with Crippen LogP contribution < -0.4 is 5.32 Å². The summed E-state index contributed by atoms with van der Waals surface area (Å²) in [6, 6.07) is 8.45. The molecule has 5 rings (SSSR count). The van der Waals surface area contributed by atoms with Gasteiger partial charge < -0.3 is 5.32 Å². The highest BCUT2D eigenvalue weighted by Crippen LogP contribution is 2.34. The normalized spacial score (nSPS) is 28.1. The summed E-state index contributed by atoms with van der Waals surface area (Å²) in [5.74, 6) is 0.651. The lowest BCUT2D eigenvalue weighted by molar-refractivity contribution is 0.0217. The van der Waals surface area contributed by atoms with Gasteiger partial charge in [0.1, 0.15) is 0 Å². The SMILES string of the molecule is CC1C(NC(=O)c2ccc(Sc3cnc(Cl)s3)cc2)C2CCN1CC2. The van der Waals surface area contributed by atoms with Crippen LogP contribution in [0.4, 0.5) is 0 Å². The van der Waals surface area contributed by atoms with Crippen molar-refractivity contribution in [3.8, 4) is 0 Å². The monoisotopic (exact) mass is 393 g/mol. The van der Waals surface area contributed by atoms with Crippen LogP contribution in [0.2, 0.25) is 4.47 Å². The highest BCUT2D eigenvalue weighted by Gasteiger charge is 2.40. The summed E-state index contributed by atoms with van der Waals surface area (Å²) >= 11 is 8.93. The largest absolute Gasteiger partial charge is 0.347 e. The van der Waals surface area contributed by atoms with Crippen molar-refractivity contribution in [1.29, 1.82) is 0 Å². The number of halogens is 1. The number of carbonyl (C=O) groups excluding carboxylic acids is 1. The predicted octanol–water partition coefficient (Wildman–Crippen LogP) is 4.16. The molecule has 0 aliphatic carbocycles. The van der Waals surface area contributed by atoms with Crippen LogP contribution in [-0.2, 0) is 0 Å². The fourth-order valence-electron chi connectivity index (χ4n) is 3.86. The van der Waals surface area contributed by atoms with Crippen molar-refractivity contribution in [3.63, 3.8) is 0 Å². The van der Waals surface area contributed by atoms with Gasteiger partial charge in [0.15, 0.2) is 4.47 Å². The first-order valence-corrected chi connectivity index (χ1v) is 10.6. The minimum absolute atomic E-state index is 0.0305. The van der Waals surface area contributed by atoms with Gasteiger partial charge in [-0.3, -0.25) is 9.69 Å². The van der Waals surface area contributed by atoms with Gasteiger partial charge in [0.05, 0.1) is 10.4 Å². The number of rotatable bonds is 4. The fourth-order valence-corrected chi connectivity index (χ4v) is 5.97. The molecule has 0 spiro atoms. The Balaban J connectivity index is 1.40. The molecule has 1 aromatic heterocycles. The molecular weight excluding hydrogens is 374 g/mol. The number of nitrogens with one attached hydrogen (secondary N) is 1. The lowest BCUT2D eigenvalue weighted by atomic mass is 9.79. The van der Waals surface area contributed by atoms with Gasteiger partial charge in [-0.05, 0) is 63.0 Å². The van der Waals surface area contributed by atoms with Crippen molar-refractivity contribution in [3.05, 3.63) is 40.5 Å². The van der Waals surface area contributed by atoms with E-state index in [-0.39, 0.29) is 11.9 Å². The minimum atomic E-state index is 0.0305. The molecule has 1 amide bonds. The third kappa shape index (κ3) is 3.72. The van der Waals surface area contributed by atoms with Crippen molar-refractivity contribution in [2.75, 3.05) is 13.1 Å². The summed E-state index contributed by atoms with van der Waals surface area (Å²) in [7, 11) is 0. The summed E-state index contributed by atoms with van der Waals surface area (Å²) in [4.78, 5) is 20.3. The van der Waals surface area contributed by atoms with E-state index in [1.807, 2.05) is 24.3 Å². The Morgan fingerprint density at radius 2 is 2.04 bits per heavy atom. The highest BCUT2D eigenvalue weighted by molar-refractivity contribution is 8.01. The van der Waals surface area contributed by atoms with E-state index in [0.717, 1.165) is 14.7 Å². The van der Waals surface area contributed by atoms with Crippen LogP contribution in [0.25, 0.3) is 0 Å². The van der Waals surface area contributed by atoms with Gasteiger partial charge >= 0.3 is 0 Å². The molecule has 2 atom stereocenters. The summed E-state index contributed by atoms with van der Waals surface area (Å²) in [5.41, 5.74) is 0.718.